The largest absolute Gasteiger partial charge is 0.416 e. The van der Waals surface area contributed by atoms with Crippen molar-refractivity contribution in [2.75, 3.05) is 0 Å². The van der Waals surface area contributed by atoms with Crippen LogP contribution in [0.15, 0.2) is 41.5 Å². The van der Waals surface area contributed by atoms with E-state index in [9.17, 15) is 18.0 Å². The molecular formula is C11H7F3N2O. The summed E-state index contributed by atoms with van der Waals surface area (Å²) in [5.41, 5.74) is -0.154. The van der Waals surface area contributed by atoms with Crippen molar-refractivity contribution in [3.8, 4) is 11.3 Å². The second-order valence-electron chi connectivity index (χ2n) is 3.37. The monoisotopic (exact) mass is 240 g/mol. The molecule has 0 bridgehead atoms. The van der Waals surface area contributed by atoms with Crippen LogP contribution in [0.5, 0.6) is 0 Å². The molecule has 0 aliphatic heterocycles. The van der Waals surface area contributed by atoms with Gasteiger partial charge in [-0.1, -0.05) is 12.1 Å². The Morgan fingerprint density at radius 1 is 1.12 bits per heavy atom. The molecule has 0 fully saturated rings. The molecule has 0 aliphatic rings. The lowest BCUT2D eigenvalue weighted by molar-refractivity contribution is -0.137. The molecule has 0 unspecified atom stereocenters. The number of rotatable bonds is 1. The topological polar surface area (TPSA) is 45.8 Å². The molecule has 0 amide bonds. The fraction of sp³-hybridized carbons (Fsp3) is 0.0909. The third kappa shape index (κ3) is 2.52. The Bertz CT molecular complexity index is 552. The Hall–Kier alpha value is -2.11. The Kier molecular flexibility index (Phi) is 2.71. The lowest BCUT2D eigenvalue weighted by atomic mass is 10.1. The normalized spacial score (nSPS) is 11.5. The van der Waals surface area contributed by atoms with E-state index < -0.39 is 11.7 Å². The molecule has 3 nitrogen and oxygen atoms in total. The quantitative estimate of drug-likeness (QED) is 0.832. The van der Waals surface area contributed by atoms with E-state index in [1.807, 2.05) is 0 Å². The van der Waals surface area contributed by atoms with E-state index in [-0.39, 0.29) is 5.56 Å². The van der Waals surface area contributed by atoms with Crippen LogP contribution in [0, 0.1) is 0 Å². The van der Waals surface area contributed by atoms with Crippen LogP contribution in [0.3, 0.4) is 0 Å². The number of alkyl halides is 3. The summed E-state index contributed by atoms with van der Waals surface area (Å²) in [4.78, 5) is 17.0. The van der Waals surface area contributed by atoms with Crippen LogP contribution in [0.1, 0.15) is 5.56 Å². The number of benzene rings is 1. The van der Waals surface area contributed by atoms with Crippen molar-refractivity contribution in [2.24, 2.45) is 0 Å². The van der Waals surface area contributed by atoms with E-state index in [1.165, 1.54) is 18.3 Å². The summed E-state index contributed by atoms with van der Waals surface area (Å²) in [5.74, 6) is 0. The van der Waals surface area contributed by atoms with Gasteiger partial charge in [0.15, 0.2) is 0 Å². The first-order chi connectivity index (χ1) is 7.97. The summed E-state index contributed by atoms with van der Waals surface area (Å²) in [6.07, 6.45) is -1.92. The molecule has 0 aliphatic carbocycles. The number of hydrogen-bond donors (Lipinski definition) is 1. The Morgan fingerprint density at radius 3 is 2.24 bits per heavy atom. The van der Waals surface area contributed by atoms with E-state index >= 15 is 0 Å². The van der Waals surface area contributed by atoms with Crippen LogP contribution in [-0.4, -0.2) is 9.97 Å². The predicted octanol–water partition coefficient (Wildman–Crippen LogP) is 2.46. The number of H-pyrrole nitrogens is 1. The average molecular weight is 240 g/mol. The third-order valence-electron chi connectivity index (χ3n) is 2.18. The highest BCUT2D eigenvalue weighted by molar-refractivity contribution is 5.58. The minimum atomic E-state index is -4.35. The maximum atomic E-state index is 12.3. The van der Waals surface area contributed by atoms with E-state index in [4.69, 9.17) is 0 Å². The molecule has 2 aromatic rings. The molecule has 0 atom stereocenters. The van der Waals surface area contributed by atoms with Crippen LogP contribution in [0.4, 0.5) is 13.2 Å². The molecule has 6 heteroatoms. The van der Waals surface area contributed by atoms with Gasteiger partial charge in [-0.15, -0.1) is 0 Å². The van der Waals surface area contributed by atoms with Gasteiger partial charge in [-0.3, -0.25) is 4.79 Å². The second kappa shape index (κ2) is 4.04. The fourth-order valence-corrected chi connectivity index (χ4v) is 1.33. The number of aromatic amines is 1. The first-order valence-corrected chi connectivity index (χ1v) is 4.69. The summed E-state index contributed by atoms with van der Waals surface area (Å²) in [7, 11) is 0. The Balaban J connectivity index is 2.36. The Morgan fingerprint density at radius 2 is 1.76 bits per heavy atom. The van der Waals surface area contributed by atoms with Gasteiger partial charge in [-0.2, -0.15) is 13.2 Å². The molecule has 17 heavy (non-hydrogen) atoms. The van der Waals surface area contributed by atoms with Gasteiger partial charge in [-0.25, -0.2) is 4.98 Å². The van der Waals surface area contributed by atoms with Gasteiger partial charge in [-0.05, 0) is 12.1 Å². The SMILES string of the molecule is O=c1cnc(-c2ccc(C(F)(F)F)cc2)c[nH]1. The minimum absolute atomic E-state index is 0.360. The van der Waals surface area contributed by atoms with Crippen LogP contribution in [0.2, 0.25) is 0 Å². The molecule has 0 saturated carbocycles. The van der Waals surface area contributed by atoms with Crippen molar-refractivity contribution in [1.29, 1.82) is 0 Å². The van der Waals surface area contributed by atoms with E-state index in [1.54, 1.807) is 0 Å². The van der Waals surface area contributed by atoms with Gasteiger partial charge in [0.2, 0.25) is 0 Å². The summed E-state index contributed by atoms with van der Waals surface area (Å²) in [5, 5.41) is 0. The molecule has 88 valence electrons. The van der Waals surface area contributed by atoms with Gasteiger partial charge in [0, 0.05) is 11.8 Å². The van der Waals surface area contributed by atoms with Crippen molar-refractivity contribution in [3.05, 3.63) is 52.6 Å². The highest BCUT2D eigenvalue weighted by Crippen LogP contribution is 2.30. The van der Waals surface area contributed by atoms with Crippen LogP contribution < -0.4 is 5.56 Å². The van der Waals surface area contributed by atoms with Crippen molar-refractivity contribution >= 4 is 0 Å². The number of halogens is 3. The van der Waals surface area contributed by atoms with Crippen molar-refractivity contribution in [2.45, 2.75) is 6.18 Å². The maximum Gasteiger partial charge on any atom is 0.416 e. The first kappa shape index (κ1) is 11.4. The molecule has 1 heterocycles. The molecule has 2 rings (SSSR count). The summed E-state index contributed by atoms with van der Waals surface area (Å²) in [6, 6.07) is 4.57. The first-order valence-electron chi connectivity index (χ1n) is 4.69. The standard InChI is InChI=1S/C11H7F3N2O/c12-11(13,14)8-3-1-7(2-4-8)9-5-16-10(17)6-15-9/h1-6H,(H,16,17). The van der Waals surface area contributed by atoms with Crippen LogP contribution >= 0.6 is 0 Å². The van der Waals surface area contributed by atoms with Crippen molar-refractivity contribution < 1.29 is 13.2 Å². The molecule has 0 radical (unpaired) electrons. The highest BCUT2D eigenvalue weighted by Gasteiger charge is 2.29. The molecule has 1 aromatic heterocycles. The predicted molar refractivity (Wildman–Crippen MR) is 55.3 cm³/mol. The summed E-state index contributed by atoms with van der Waals surface area (Å²) >= 11 is 0. The van der Waals surface area contributed by atoms with Gasteiger partial charge >= 0.3 is 6.18 Å². The number of nitrogens with zero attached hydrogens (tertiary/aromatic N) is 1. The lowest BCUT2D eigenvalue weighted by Gasteiger charge is -2.06. The van der Waals surface area contributed by atoms with E-state index in [0.717, 1.165) is 18.3 Å². The van der Waals surface area contributed by atoms with Gasteiger partial charge < -0.3 is 4.98 Å². The zero-order valence-corrected chi connectivity index (χ0v) is 8.45. The molecule has 1 N–H and O–H groups in total. The van der Waals surface area contributed by atoms with E-state index in [0.29, 0.717) is 11.3 Å². The van der Waals surface area contributed by atoms with Crippen molar-refractivity contribution in [1.82, 2.24) is 9.97 Å². The summed E-state index contributed by atoms with van der Waals surface area (Å²) in [6.45, 7) is 0. The number of hydrogen-bond acceptors (Lipinski definition) is 2. The average Bonchev–Trinajstić information content (AvgIpc) is 2.29. The van der Waals surface area contributed by atoms with Gasteiger partial charge in [0.05, 0.1) is 17.5 Å². The zero-order chi connectivity index (χ0) is 12.5. The van der Waals surface area contributed by atoms with Crippen LogP contribution in [-0.2, 0) is 6.18 Å². The van der Waals surface area contributed by atoms with Gasteiger partial charge in [0.1, 0.15) is 0 Å². The molecule has 0 spiro atoms. The molecular weight excluding hydrogens is 233 g/mol. The molecule has 0 saturated heterocycles. The second-order valence-corrected chi connectivity index (χ2v) is 3.37. The smallest absolute Gasteiger partial charge is 0.326 e. The van der Waals surface area contributed by atoms with Gasteiger partial charge in [0.25, 0.3) is 5.56 Å². The fourth-order valence-electron chi connectivity index (χ4n) is 1.33. The zero-order valence-electron chi connectivity index (χ0n) is 8.45. The van der Waals surface area contributed by atoms with E-state index in [2.05, 4.69) is 9.97 Å². The highest BCUT2D eigenvalue weighted by atomic mass is 19.4. The van der Waals surface area contributed by atoms with Crippen LogP contribution in [0.25, 0.3) is 11.3 Å². The van der Waals surface area contributed by atoms with Crippen molar-refractivity contribution in [3.63, 3.8) is 0 Å². The Labute approximate surface area is 94.0 Å². The summed E-state index contributed by atoms with van der Waals surface area (Å²) < 4.78 is 36.9. The third-order valence-corrected chi connectivity index (χ3v) is 2.18. The lowest BCUT2D eigenvalue weighted by Crippen LogP contribution is -2.05. The number of aromatic nitrogens is 2. The molecule has 1 aromatic carbocycles. The maximum absolute atomic E-state index is 12.3. The minimum Gasteiger partial charge on any atom is -0.326 e. The number of nitrogens with one attached hydrogen (secondary N) is 1.